The van der Waals surface area contributed by atoms with Crippen LogP contribution in [-0.2, 0) is 0 Å². The Balaban J connectivity index is 1.76. The molecule has 1 aliphatic heterocycles. The molecule has 27 heavy (non-hydrogen) atoms. The highest BCUT2D eigenvalue weighted by Crippen LogP contribution is 2.39. The van der Waals surface area contributed by atoms with Crippen molar-refractivity contribution in [3.63, 3.8) is 0 Å². The van der Waals surface area contributed by atoms with E-state index in [0.29, 0.717) is 11.7 Å². The summed E-state index contributed by atoms with van der Waals surface area (Å²) in [6.07, 6.45) is 2.10. The molecule has 1 atom stereocenters. The van der Waals surface area contributed by atoms with Crippen LogP contribution in [0.4, 0.5) is 5.69 Å². The smallest absolute Gasteiger partial charge is 0.173 e. The Bertz CT molecular complexity index is 779. The Kier molecular flexibility index (Phi) is 6.40. The van der Waals surface area contributed by atoms with Gasteiger partial charge in [0.05, 0.1) is 26.9 Å². The first kappa shape index (κ1) is 19.3. The van der Waals surface area contributed by atoms with Crippen molar-refractivity contribution in [2.24, 2.45) is 0 Å². The zero-order chi connectivity index (χ0) is 19.2. The number of anilines is 1. The van der Waals surface area contributed by atoms with Gasteiger partial charge in [-0.05, 0) is 74.4 Å². The fourth-order valence-electron chi connectivity index (χ4n) is 3.43. The maximum atomic E-state index is 5.71. The van der Waals surface area contributed by atoms with E-state index in [-0.39, 0.29) is 6.04 Å². The van der Waals surface area contributed by atoms with Crippen molar-refractivity contribution in [2.75, 3.05) is 32.7 Å². The molecule has 2 aromatic carbocycles. The normalized spacial score (nSPS) is 16.1. The highest BCUT2D eigenvalue weighted by Gasteiger charge is 2.30. The molecule has 3 rings (SSSR count). The summed E-state index contributed by atoms with van der Waals surface area (Å²) in [5.74, 6) is 2.54. The number of hydrogen-bond acceptors (Lipinski definition) is 4. The van der Waals surface area contributed by atoms with Crippen molar-refractivity contribution < 1.29 is 14.2 Å². The van der Waals surface area contributed by atoms with E-state index < -0.39 is 0 Å². The summed E-state index contributed by atoms with van der Waals surface area (Å²) in [6, 6.07) is 13.9. The molecule has 144 valence electrons. The third-order valence-electron chi connectivity index (χ3n) is 4.73. The lowest BCUT2D eigenvalue weighted by atomic mass is 10.0. The van der Waals surface area contributed by atoms with Crippen molar-refractivity contribution in [1.29, 1.82) is 0 Å². The van der Waals surface area contributed by atoms with Crippen LogP contribution in [-0.4, -0.2) is 37.4 Å². The van der Waals surface area contributed by atoms with E-state index in [1.54, 1.807) is 14.2 Å². The van der Waals surface area contributed by atoms with Crippen molar-refractivity contribution in [3.05, 3.63) is 48.0 Å². The van der Waals surface area contributed by atoms with Gasteiger partial charge in [0.15, 0.2) is 5.11 Å². The minimum atomic E-state index is 0.165. The van der Waals surface area contributed by atoms with Gasteiger partial charge in [0, 0.05) is 17.8 Å². The van der Waals surface area contributed by atoms with E-state index in [4.69, 9.17) is 26.4 Å². The molecule has 2 aromatic rings. The predicted molar refractivity (Wildman–Crippen MR) is 112 cm³/mol. The minimum absolute atomic E-state index is 0.165. The van der Waals surface area contributed by atoms with Crippen molar-refractivity contribution in [1.82, 2.24) is 4.90 Å². The maximum Gasteiger partial charge on any atom is 0.173 e. The molecule has 0 aliphatic carbocycles. The number of nitrogens with one attached hydrogen (secondary N) is 1. The molecule has 1 fully saturated rings. The van der Waals surface area contributed by atoms with Crippen LogP contribution in [0.25, 0.3) is 0 Å². The molecular formula is C21H26N2O3S. The lowest BCUT2D eigenvalue weighted by molar-refractivity contribution is 0.340. The number of methoxy groups -OCH3 is 2. The third-order valence-corrected chi connectivity index (χ3v) is 5.06. The largest absolute Gasteiger partial charge is 0.497 e. The van der Waals surface area contributed by atoms with E-state index in [0.717, 1.165) is 47.9 Å². The van der Waals surface area contributed by atoms with Gasteiger partial charge in [0.2, 0.25) is 0 Å². The lowest BCUT2D eigenvalue weighted by Crippen LogP contribution is -2.34. The van der Waals surface area contributed by atoms with E-state index in [1.807, 2.05) is 49.4 Å². The summed E-state index contributed by atoms with van der Waals surface area (Å²) in [5.41, 5.74) is 2.05. The highest BCUT2D eigenvalue weighted by atomic mass is 32.1. The Morgan fingerprint density at radius 1 is 1.11 bits per heavy atom. The van der Waals surface area contributed by atoms with Gasteiger partial charge in [0.25, 0.3) is 0 Å². The number of hydrogen-bond donors (Lipinski definition) is 1. The van der Waals surface area contributed by atoms with E-state index in [9.17, 15) is 0 Å². The summed E-state index contributed by atoms with van der Waals surface area (Å²) < 4.78 is 16.5. The quantitative estimate of drug-likeness (QED) is 0.730. The molecule has 1 aliphatic rings. The highest BCUT2D eigenvalue weighted by molar-refractivity contribution is 7.80. The first-order valence-corrected chi connectivity index (χ1v) is 9.59. The van der Waals surface area contributed by atoms with Gasteiger partial charge in [-0.1, -0.05) is 0 Å². The van der Waals surface area contributed by atoms with Crippen molar-refractivity contribution in [2.45, 2.75) is 25.8 Å². The summed E-state index contributed by atoms with van der Waals surface area (Å²) in [4.78, 5) is 2.23. The number of nitrogens with zero attached hydrogens (tertiary/aromatic N) is 1. The Morgan fingerprint density at radius 3 is 2.52 bits per heavy atom. The number of rotatable bonds is 6. The van der Waals surface area contributed by atoms with Crippen LogP contribution < -0.4 is 19.5 Å². The van der Waals surface area contributed by atoms with Crippen LogP contribution in [0.1, 0.15) is 31.4 Å². The standard InChI is InChI=1S/C21H26N2O3S/c1-4-26-16-9-7-15(8-10-16)22-21(27)23-13-5-6-19(23)18-14-17(24-2)11-12-20(18)25-3/h7-12,14,19H,4-6,13H2,1-3H3,(H,22,27)/t19-/m0/s1. The molecule has 0 unspecified atom stereocenters. The van der Waals surface area contributed by atoms with Crippen LogP contribution in [0.2, 0.25) is 0 Å². The molecule has 6 heteroatoms. The fourth-order valence-corrected chi connectivity index (χ4v) is 3.77. The SMILES string of the molecule is CCOc1ccc(NC(=S)N2CCC[C@H]2c2cc(OC)ccc2OC)cc1. The van der Waals surface area contributed by atoms with Crippen LogP contribution in [0, 0.1) is 0 Å². The van der Waals surface area contributed by atoms with Crippen molar-refractivity contribution in [3.8, 4) is 17.2 Å². The second-order valence-electron chi connectivity index (χ2n) is 6.35. The summed E-state index contributed by atoms with van der Waals surface area (Å²) in [5, 5.41) is 4.06. The first-order valence-electron chi connectivity index (χ1n) is 9.18. The summed E-state index contributed by atoms with van der Waals surface area (Å²) >= 11 is 5.71. The van der Waals surface area contributed by atoms with Crippen LogP contribution >= 0.6 is 12.2 Å². The van der Waals surface area contributed by atoms with E-state index in [1.165, 1.54) is 0 Å². The molecule has 0 aromatic heterocycles. The second-order valence-corrected chi connectivity index (χ2v) is 6.73. The summed E-state index contributed by atoms with van der Waals surface area (Å²) in [6.45, 7) is 3.54. The Labute approximate surface area is 166 Å². The van der Waals surface area contributed by atoms with E-state index in [2.05, 4.69) is 10.2 Å². The average Bonchev–Trinajstić information content (AvgIpc) is 3.19. The molecule has 1 N–H and O–H groups in total. The van der Waals surface area contributed by atoms with Gasteiger partial charge in [-0.2, -0.15) is 0 Å². The third kappa shape index (κ3) is 4.45. The van der Waals surface area contributed by atoms with Gasteiger partial charge in [-0.25, -0.2) is 0 Å². The number of ether oxygens (including phenoxy) is 3. The van der Waals surface area contributed by atoms with Crippen LogP contribution in [0.3, 0.4) is 0 Å². The first-order chi connectivity index (χ1) is 13.2. The van der Waals surface area contributed by atoms with E-state index >= 15 is 0 Å². The molecule has 0 saturated carbocycles. The molecule has 1 heterocycles. The second kappa shape index (κ2) is 8.95. The number of likely N-dealkylation sites (tertiary alicyclic amines) is 1. The van der Waals surface area contributed by atoms with Gasteiger partial charge < -0.3 is 24.4 Å². The molecule has 0 bridgehead atoms. The molecule has 1 saturated heterocycles. The van der Waals surface area contributed by atoms with Gasteiger partial charge in [-0.15, -0.1) is 0 Å². The molecule has 0 amide bonds. The molecule has 5 nitrogen and oxygen atoms in total. The van der Waals surface area contributed by atoms with Gasteiger partial charge >= 0.3 is 0 Å². The van der Waals surface area contributed by atoms with Crippen molar-refractivity contribution >= 4 is 23.0 Å². The van der Waals surface area contributed by atoms with Gasteiger partial charge in [0.1, 0.15) is 17.2 Å². The molecular weight excluding hydrogens is 360 g/mol. The monoisotopic (exact) mass is 386 g/mol. The zero-order valence-corrected chi connectivity index (χ0v) is 16.8. The topological polar surface area (TPSA) is 43.0 Å². The van der Waals surface area contributed by atoms with Crippen LogP contribution in [0.5, 0.6) is 17.2 Å². The Hall–Kier alpha value is -2.47. The molecule has 0 radical (unpaired) electrons. The lowest BCUT2D eigenvalue weighted by Gasteiger charge is -2.29. The predicted octanol–water partition coefficient (Wildman–Crippen LogP) is 4.64. The molecule has 0 spiro atoms. The van der Waals surface area contributed by atoms with Crippen LogP contribution in [0.15, 0.2) is 42.5 Å². The Morgan fingerprint density at radius 2 is 1.85 bits per heavy atom. The summed E-state index contributed by atoms with van der Waals surface area (Å²) in [7, 11) is 3.37. The average molecular weight is 387 g/mol. The van der Waals surface area contributed by atoms with Gasteiger partial charge in [-0.3, -0.25) is 0 Å². The number of benzene rings is 2. The zero-order valence-electron chi connectivity index (χ0n) is 16.0. The maximum absolute atomic E-state index is 5.71. The minimum Gasteiger partial charge on any atom is -0.497 e. The fraction of sp³-hybridized carbons (Fsp3) is 0.381. The number of thiocarbonyl (C=S) groups is 1.